The molecule has 7 atom stereocenters. The minimum absolute atomic E-state index is 0.163. The SMILES string of the molecule is C=C1/C(=C\C=C2/CCC[C@]3(C)[C@@H]([C@H](C)CCCC(C)C)CC[C@@H]23)C[C@@H](O)[C@@H](OC2CCCCC2)[C@@H]1O. The minimum Gasteiger partial charge on any atom is -0.390 e. The van der Waals surface area contributed by atoms with Crippen molar-refractivity contribution in [1.29, 1.82) is 0 Å². The second-order valence-electron chi connectivity index (χ2n) is 13.4. The maximum Gasteiger partial charge on any atom is 0.114 e. The standard InChI is InChI=1S/C33H54O3/c1-22(2)11-9-12-23(3)28-18-19-29-25(13-10-20-33(28,29)5)16-17-26-21-30(34)32(31(35)24(26)4)36-27-14-7-6-8-15-27/h16-17,22-23,27-32,34-35H,4,6-15,18-21H2,1-3,5H3/b25-16+,26-17-/t23-,28-,29+,30-,31-,32-,33-/m1/s1. The molecule has 3 heteroatoms. The molecule has 0 saturated heterocycles. The van der Waals surface area contributed by atoms with E-state index in [0.29, 0.717) is 17.8 Å². The number of ether oxygens (including phenoxy) is 1. The van der Waals surface area contributed by atoms with Gasteiger partial charge in [0.05, 0.1) is 12.2 Å². The summed E-state index contributed by atoms with van der Waals surface area (Å²) in [7, 11) is 0. The average Bonchev–Trinajstić information content (AvgIpc) is 3.21. The second-order valence-corrected chi connectivity index (χ2v) is 13.4. The molecule has 0 amide bonds. The van der Waals surface area contributed by atoms with E-state index >= 15 is 0 Å². The molecule has 0 aromatic carbocycles. The van der Waals surface area contributed by atoms with Gasteiger partial charge in [0.1, 0.15) is 12.2 Å². The highest BCUT2D eigenvalue weighted by molar-refractivity contribution is 5.40. The molecule has 4 aliphatic rings. The fourth-order valence-electron chi connectivity index (χ4n) is 8.31. The highest BCUT2D eigenvalue weighted by atomic mass is 16.5. The Morgan fingerprint density at radius 2 is 1.75 bits per heavy atom. The lowest BCUT2D eigenvalue weighted by atomic mass is 9.60. The number of hydrogen-bond donors (Lipinski definition) is 2. The van der Waals surface area contributed by atoms with Crippen molar-refractivity contribution in [1.82, 2.24) is 0 Å². The van der Waals surface area contributed by atoms with Crippen LogP contribution in [0.5, 0.6) is 0 Å². The Morgan fingerprint density at radius 1 is 1.00 bits per heavy atom. The monoisotopic (exact) mass is 498 g/mol. The van der Waals surface area contributed by atoms with E-state index in [0.717, 1.165) is 41.7 Å². The van der Waals surface area contributed by atoms with Gasteiger partial charge in [-0.1, -0.05) is 90.5 Å². The highest BCUT2D eigenvalue weighted by Crippen LogP contribution is 2.60. The van der Waals surface area contributed by atoms with Crippen LogP contribution >= 0.6 is 0 Å². The summed E-state index contributed by atoms with van der Waals surface area (Å²) in [5, 5.41) is 21.9. The molecule has 0 aromatic rings. The van der Waals surface area contributed by atoms with Crippen LogP contribution in [0.2, 0.25) is 0 Å². The van der Waals surface area contributed by atoms with Crippen molar-refractivity contribution < 1.29 is 14.9 Å². The molecular formula is C33H54O3. The van der Waals surface area contributed by atoms with Crippen LogP contribution in [0.25, 0.3) is 0 Å². The van der Waals surface area contributed by atoms with Crippen LogP contribution in [0.3, 0.4) is 0 Å². The summed E-state index contributed by atoms with van der Waals surface area (Å²) in [6.45, 7) is 14.0. The van der Waals surface area contributed by atoms with Crippen LogP contribution in [0, 0.1) is 29.1 Å². The fourth-order valence-corrected chi connectivity index (χ4v) is 8.31. The summed E-state index contributed by atoms with van der Waals surface area (Å²) in [4.78, 5) is 0. The van der Waals surface area contributed by atoms with Gasteiger partial charge in [-0.2, -0.15) is 0 Å². The maximum atomic E-state index is 11.0. The highest BCUT2D eigenvalue weighted by Gasteiger charge is 2.50. The van der Waals surface area contributed by atoms with Gasteiger partial charge in [0.15, 0.2) is 0 Å². The van der Waals surface area contributed by atoms with Gasteiger partial charge in [-0.15, -0.1) is 0 Å². The zero-order valence-electron chi connectivity index (χ0n) is 23.7. The molecule has 4 saturated carbocycles. The van der Waals surface area contributed by atoms with Gasteiger partial charge in [-0.05, 0) is 85.2 Å². The van der Waals surface area contributed by atoms with Crippen LogP contribution in [-0.4, -0.2) is 34.6 Å². The molecule has 0 radical (unpaired) electrons. The first-order chi connectivity index (χ1) is 17.2. The van der Waals surface area contributed by atoms with Gasteiger partial charge >= 0.3 is 0 Å². The Morgan fingerprint density at radius 3 is 2.47 bits per heavy atom. The molecule has 0 unspecified atom stereocenters. The van der Waals surface area contributed by atoms with E-state index in [4.69, 9.17) is 4.74 Å². The molecule has 4 rings (SSSR count). The number of fused-ring (bicyclic) bond motifs is 1. The lowest BCUT2D eigenvalue weighted by Gasteiger charge is -2.44. The summed E-state index contributed by atoms with van der Waals surface area (Å²) in [5.41, 5.74) is 3.74. The molecule has 0 bridgehead atoms. The minimum atomic E-state index is -0.820. The predicted octanol–water partition coefficient (Wildman–Crippen LogP) is 7.92. The lowest BCUT2D eigenvalue weighted by Crippen LogP contribution is -2.47. The van der Waals surface area contributed by atoms with Crippen molar-refractivity contribution in [3.63, 3.8) is 0 Å². The lowest BCUT2D eigenvalue weighted by molar-refractivity contribution is -0.131. The van der Waals surface area contributed by atoms with Crippen LogP contribution in [0.4, 0.5) is 0 Å². The molecule has 2 N–H and O–H groups in total. The van der Waals surface area contributed by atoms with Crippen LogP contribution < -0.4 is 0 Å². The first kappa shape index (κ1) is 28.1. The molecular weight excluding hydrogens is 444 g/mol. The maximum absolute atomic E-state index is 11.0. The first-order valence-corrected chi connectivity index (χ1v) is 15.3. The molecule has 0 aliphatic heterocycles. The summed E-state index contributed by atoms with van der Waals surface area (Å²) >= 11 is 0. The van der Waals surface area contributed by atoms with Crippen molar-refractivity contribution in [3.8, 4) is 0 Å². The van der Waals surface area contributed by atoms with Crippen LogP contribution in [-0.2, 0) is 4.74 Å². The number of aliphatic hydroxyl groups is 2. The first-order valence-electron chi connectivity index (χ1n) is 15.3. The number of rotatable bonds is 8. The summed E-state index contributed by atoms with van der Waals surface area (Å²) in [6.07, 6.45) is 19.4. The van der Waals surface area contributed by atoms with E-state index in [2.05, 4.69) is 46.4 Å². The Bertz CT molecular complexity index is 804. The van der Waals surface area contributed by atoms with Gasteiger partial charge in [0, 0.05) is 6.42 Å². The average molecular weight is 499 g/mol. The van der Waals surface area contributed by atoms with E-state index in [9.17, 15) is 10.2 Å². The molecule has 0 aromatic heterocycles. The Balaban J connectivity index is 1.41. The van der Waals surface area contributed by atoms with Gasteiger partial charge < -0.3 is 14.9 Å². The number of allylic oxidation sites excluding steroid dienone is 3. The quantitative estimate of drug-likeness (QED) is 0.357. The molecule has 0 heterocycles. The van der Waals surface area contributed by atoms with Crippen molar-refractivity contribution >= 4 is 0 Å². The Kier molecular flexibility index (Phi) is 9.61. The normalized spacial score (nSPS) is 39.2. The van der Waals surface area contributed by atoms with E-state index in [1.54, 1.807) is 5.57 Å². The van der Waals surface area contributed by atoms with E-state index < -0.39 is 18.3 Å². The summed E-state index contributed by atoms with van der Waals surface area (Å²) < 4.78 is 6.21. The van der Waals surface area contributed by atoms with Gasteiger partial charge in [-0.25, -0.2) is 0 Å². The van der Waals surface area contributed by atoms with Gasteiger partial charge in [0.25, 0.3) is 0 Å². The Labute approximate surface area is 221 Å². The van der Waals surface area contributed by atoms with E-state index in [-0.39, 0.29) is 6.10 Å². The third-order valence-electron chi connectivity index (χ3n) is 10.5. The predicted molar refractivity (Wildman–Crippen MR) is 150 cm³/mol. The number of hydrogen-bond acceptors (Lipinski definition) is 3. The van der Waals surface area contributed by atoms with Gasteiger partial charge in [0.2, 0.25) is 0 Å². The van der Waals surface area contributed by atoms with Crippen LogP contribution in [0.15, 0.2) is 35.5 Å². The smallest absolute Gasteiger partial charge is 0.114 e. The second kappa shape index (κ2) is 12.3. The molecule has 4 aliphatic carbocycles. The van der Waals surface area contributed by atoms with Crippen molar-refractivity contribution in [3.05, 3.63) is 35.5 Å². The summed E-state index contributed by atoms with van der Waals surface area (Å²) in [6, 6.07) is 0. The Hall–Kier alpha value is -0.900. The van der Waals surface area contributed by atoms with Crippen molar-refractivity contribution in [2.45, 2.75) is 142 Å². The zero-order valence-corrected chi connectivity index (χ0v) is 23.7. The largest absolute Gasteiger partial charge is 0.390 e. The van der Waals surface area contributed by atoms with Crippen molar-refractivity contribution in [2.75, 3.05) is 0 Å². The molecule has 4 fully saturated rings. The molecule has 36 heavy (non-hydrogen) atoms. The molecule has 3 nitrogen and oxygen atoms in total. The third kappa shape index (κ3) is 6.21. The molecule has 204 valence electrons. The third-order valence-corrected chi connectivity index (χ3v) is 10.5. The zero-order chi connectivity index (χ0) is 25.9. The number of aliphatic hydroxyl groups excluding tert-OH is 2. The molecule has 0 spiro atoms. The van der Waals surface area contributed by atoms with Crippen molar-refractivity contribution in [2.24, 2.45) is 29.1 Å². The van der Waals surface area contributed by atoms with Crippen LogP contribution in [0.1, 0.15) is 118 Å². The van der Waals surface area contributed by atoms with E-state index in [1.165, 1.54) is 70.6 Å². The van der Waals surface area contributed by atoms with Gasteiger partial charge in [-0.3, -0.25) is 0 Å². The summed E-state index contributed by atoms with van der Waals surface area (Å²) in [5.74, 6) is 3.12. The fraction of sp³-hybridized carbons (Fsp3) is 0.818. The topological polar surface area (TPSA) is 49.7 Å². The van der Waals surface area contributed by atoms with E-state index in [1.807, 2.05) is 0 Å².